The van der Waals surface area contributed by atoms with Gasteiger partial charge in [0, 0.05) is 19.6 Å². The number of hydrogen-bond donors (Lipinski definition) is 3. The lowest BCUT2D eigenvalue weighted by Crippen LogP contribution is -2.43. The van der Waals surface area contributed by atoms with Crippen molar-refractivity contribution in [3.05, 3.63) is 34.9 Å². The zero-order valence-corrected chi connectivity index (χ0v) is 13.7. The molecule has 0 spiro atoms. The van der Waals surface area contributed by atoms with Crippen molar-refractivity contribution in [3.63, 3.8) is 0 Å². The second-order valence-corrected chi connectivity index (χ2v) is 6.57. The van der Waals surface area contributed by atoms with Gasteiger partial charge in [0.1, 0.15) is 6.10 Å². The number of fused-ring (bicyclic) bond motifs is 2. The Morgan fingerprint density at radius 1 is 1.32 bits per heavy atom. The van der Waals surface area contributed by atoms with Crippen molar-refractivity contribution in [2.45, 2.75) is 31.7 Å². The van der Waals surface area contributed by atoms with E-state index in [9.17, 15) is 14.4 Å². The Morgan fingerprint density at radius 3 is 3.04 bits per heavy atom. The third-order valence-electron chi connectivity index (χ3n) is 4.99. The lowest BCUT2D eigenvalue weighted by Gasteiger charge is -2.21. The van der Waals surface area contributed by atoms with Gasteiger partial charge in [-0.1, -0.05) is 18.2 Å². The van der Waals surface area contributed by atoms with Crippen LogP contribution in [0, 0.1) is 0 Å². The van der Waals surface area contributed by atoms with E-state index in [-0.39, 0.29) is 18.7 Å². The van der Waals surface area contributed by atoms with Gasteiger partial charge in [0.25, 0.3) is 0 Å². The van der Waals surface area contributed by atoms with Crippen LogP contribution in [0.25, 0.3) is 0 Å². The summed E-state index contributed by atoms with van der Waals surface area (Å²) in [6.45, 7) is 2.64. The molecular weight excluding hydrogens is 324 g/mol. The molecule has 8 nitrogen and oxygen atoms in total. The molecule has 0 bridgehead atoms. The average molecular weight is 344 g/mol. The first-order chi connectivity index (χ1) is 12.1. The molecule has 2 saturated heterocycles. The predicted molar refractivity (Wildman–Crippen MR) is 87.5 cm³/mol. The van der Waals surface area contributed by atoms with E-state index in [1.807, 2.05) is 12.1 Å². The molecule has 3 aliphatic heterocycles. The molecule has 3 aliphatic rings. The Kier molecular flexibility index (Phi) is 4.04. The van der Waals surface area contributed by atoms with E-state index in [0.29, 0.717) is 13.1 Å². The van der Waals surface area contributed by atoms with Gasteiger partial charge in [0.15, 0.2) is 0 Å². The molecule has 0 aliphatic carbocycles. The van der Waals surface area contributed by atoms with Gasteiger partial charge in [0.05, 0.1) is 12.6 Å². The van der Waals surface area contributed by atoms with Gasteiger partial charge in [-0.25, -0.2) is 4.79 Å². The molecule has 1 aromatic rings. The first kappa shape index (κ1) is 15.9. The standard InChI is InChI=1S/C17H20N4O4/c22-15(16(23)21-8-13-14(9-21)25-17(24)20-13)19-7-11-3-1-2-10-6-18-5-4-12(10)11/h1-3,13-14,18H,4-9H2,(H,19,22)(H,20,24)/t13-,14+/m0/s1. The lowest BCUT2D eigenvalue weighted by atomic mass is 9.95. The fourth-order valence-electron chi connectivity index (χ4n) is 3.69. The van der Waals surface area contributed by atoms with Crippen LogP contribution in [0.2, 0.25) is 0 Å². The largest absolute Gasteiger partial charge is 0.442 e. The van der Waals surface area contributed by atoms with Crippen LogP contribution in [0.1, 0.15) is 16.7 Å². The SMILES string of the molecule is O=C1N[C@H]2CN(C(=O)C(=O)NCc3cccc4c3CCNC4)C[C@H]2O1. The normalized spacial score (nSPS) is 24.2. The summed E-state index contributed by atoms with van der Waals surface area (Å²) >= 11 is 0. The van der Waals surface area contributed by atoms with Gasteiger partial charge in [-0.3, -0.25) is 9.59 Å². The summed E-state index contributed by atoms with van der Waals surface area (Å²) < 4.78 is 5.06. The Bertz CT molecular complexity index is 719. The molecule has 0 unspecified atom stereocenters. The second-order valence-electron chi connectivity index (χ2n) is 6.57. The molecule has 8 heteroatoms. The number of carbonyl (C=O) groups is 3. The number of alkyl carbamates (subject to hydrolysis) is 1. The quantitative estimate of drug-likeness (QED) is 0.614. The molecule has 2 fully saturated rings. The fraction of sp³-hybridized carbons (Fsp3) is 0.471. The van der Waals surface area contributed by atoms with Gasteiger partial charge in [0.2, 0.25) is 0 Å². The molecule has 0 saturated carbocycles. The van der Waals surface area contributed by atoms with Gasteiger partial charge >= 0.3 is 17.9 Å². The first-order valence-electron chi connectivity index (χ1n) is 8.46. The third-order valence-corrected chi connectivity index (χ3v) is 4.99. The van der Waals surface area contributed by atoms with E-state index in [0.717, 1.165) is 25.1 Å². The van der Waals surface area contributed by atoms with Crippen molar-refractivity contribution >= 4 is 17.9 Å². The smallest absolute Gasteiger partial charge is 0.407 e. The molecule has 0 radical (unpaired) electrons. The maximum absolute atomic E-state index is 12.3. The minimum atomic E-state index is -0.627. The number of ether oxygens (including phenoxy) is 1. The zero-order chi connectivity index (χ0) is 17.4. The van der Waals surface area contributed by atoms with E-state index in [1.54, 1.807) is 0 Å². The van der Waals surface area contributed by atoms with Crippen LogP contribution in [0.5, 0.6) is 0 Å². The van der Waals surface area contributed by atoms with E-state index < -0.39 is 17.9 Å². The summed E-state index contributed by atoms with van der Waals surface area (Å²) in [7, 11) is 0. The summed E-state index contributed by atoms with van der Waals surface area (Å²) in [6, 6.07) is 5.81. The Morgan fingerprint density at radius 2 is 2.20 bits per heavy atom. The Hall–Kier alpha value is -2.61. The highest BCUT2D eigenvalue weighted by Gasteiger charge is 2.44. The van der Waals surface area contributed by atoms with Crippen LogP contribution in [0.4, 0.5) is 4.79 Å². The number of nitrogens with zero attached hydrogens (tertiary/aromatic N) is 1. The maximum atomic E-state index is 12.3. The monoisotopic (exact) mass is 344 g/mol. The predicted octanol–water partition coefficient (Wildman–Crippen LogP) is -0.732. The highest BCUT2D eigenvalue weighted by atomic mass is 16.6. The summed E-state index contributed by atoms with van der Waals surface area (Å²) in [6.07, 6.45) is 0.0924. The Balaban J connectivity index is 1.35. The van der Waals surface area contributed by atoms with Crippen molar-refractivity contribution in [3.8, 4) is 0 Å². The zero-order valence-electron chi connectivity index (χ0n) is 13.7. The molecule has 0 aromatic heterocycles. The second kappa shape index (κ2) is 6.36. The van der Waals surface area contributed by atoms with Crippen molar-refractivity contribution in [2.75, 3.05) is 19.6 Å². The van der Waals surface area contributed by atoms with Crippen LogP contribution in [0.3, 0.4) is 0 Å². The number of carbonyl (C=O) groups excluding carboxylic acids is 3. The topological polar surface area (TPSA) is 99.8 Å². The number of nitrogens with one attached hydrogen (secondary N) is 3. The Labute approximate surface area is 144 Å². The lowest BCUT2D eigenvalue weighted by molar-refractivity contribution is -0.145. The summed E-state index contributed by atoms with van der Waals surface area (Å²) in [4.78, 5) is 37.1. The summed E-state index contributed by atoms with van der Waals surface area (Å²) in [5.74, 6) is -1.21. The van der Waals surface area contributed by atoms with Gasteiger partial charge < -0.3 is 25.6 Å². The van der Waals surface area contributed by atoms with Crippen molar-refractivity contribution in [1.29, 1.82) is 0 Å². The van der Waals surface area contributed by atoms with Crippen LogP contribution in [0.15, 0.2) is 18.2 Å². The highest BCUT2D eigenvalue weighted by molar-refractivity contribution is 6.35. The van der Waals surface area contributed by atoms with E-state index in [1.165, 1.54) is 16.0 Å². The van der Waals surface area contributed by atoms with Crippen molar-refractivity contribution in [2.24, 2.45) is 0 Å². The molecule has 4 rings (SSSR count). The molecule has 3 N–H and O–H groups in total. The number of hydrogen-bond acceptors (Lipinski definition) is 5. The summed E-state index contributed by atoms with van der Waals surface area (Å²) in [5, 5.41) is 8.68. The van der Waals surface area contributed by atoms with Crippen molar-refractivity contribution in [1.82, 2.24) is 20.9 Å². The third kappa shape index (κ3) is 3.05. The van der Waals surface area contributed by atoms with Crippen LogP contribution >= 0.6 is 0 Å². The molecule has 1 aromatic carbocycles. The fourth-order valence-corrected chi connectivity index (χ4v) is 3.69. The molecule has 132 valence electrons. The number of amides is 3. The summed E-state index contributed by atoms with van der Waals surface area (Å²) in [5.41, 5.74) is 3.54. The van der Waals surface area contributed by atoms with Crippen LogP contribution in [-0.2, 0) is 33.8 Å². The van der Waals surface area contributed by atoms with E-state index in [2.05, 4.69) is 22.0 Å². The molecule has 3 heterocycles. The molecule has 3 amide bonds. The minimum absolute atomic E-state index is 0.224. The minimum Gasteiger partial charge on any atom is -0.442 e. The average Bonchev–Trinajstić information content (AvgIpc) is 3.16. The molecule has 25 heavy (non-hydrogen) atoms. The van der Waals surface area contributed by atoms with Crippen LogP contribution < -0.4 is 16.0 Å². The van der Waals surface area contributed by atoms with Gasteiger partial charge in [-0.2, -0.15) is 0 Å². The molecular formula is C17H20N4O4. The molecule has 2 atom stereocenters. The van der Waals surface area contributed by atoms with Crippen LogP contribution in [-0.4, -0.2) is 54.6 Å². The van der Waals surface area contributed by atoms with E-state index >= 15 is 0 Å². The van der Waals surface area contributed by atoms with Gasteiger partial charge in [-0.15, -0.1) is 0 Å². The van der Waals surface area contributed by atoms with Gasteiger partial charge in [-0.05, 0) is 29.7 Å². The van der Waals surface area contributed by atoms with Crippen molar-refractivity contribution < 1.29 is 19.1 Å². The number of likely N-dealkylation sites (tertiary alicyclic amines) is 1. The highest BCUT2D eigenvalue weighted by Crippen LogP contribution is 2.20. The van der Waals surface area contributed by atoms with E-state index in [4.69, 9.17) is 4.74 Å². The first-order valence-corrected chi connectivity index (χ1v) is 8.46. The number of benzene rings is 1. The maximum Gasteiger partial charge on any atom is 0.407 e. The number of rotatable bonds is 2.